The molecular weight excluding hydrogens is 744 g/mol. The van der Waals surface area contributed by atoms with Crippen molar-refractivity contribution in [2.45, 2.75) is 24.8 Å². The number of amides is 1. The highest BCUT2D eigenvalue weighted by Gasteiger charge is 2.25. The van der Waals surface area contributed by atoms with E-state index in [2.05, 4.69) is 66.1 Å². The van der Waals surface area contributed by atoms with Crippen molar-refractivity contribution in [3.8, 4) is 22.6 Å². The number of hydrogen-bond acceptors (Lipinski definition) is 8. The maximum absolute atomic E-state index is 13.8. The van der Waals surface area contributed by atoms with Crippen LogP contribution in [0.4, 0.5) is 11.4 Å². The summed E-state index contributed by atoms with van der Waals surface area (Å²) in [6, 6.07) is 34.2. The minimum Gasteiger partial charge on any atom is -0.456 e. The van der Waals surface area contributed by atoms with Crippen molar-refractivity contribution < 1.29 is 17.9 Å². The van der Waals surface area contributed by atoms with Crippen molar-refractivity contribution in [1.82, 2.24) is 19.5 Å². The first-order valence-corrected chi connectivity index (χ1v) is 20.7. The van der Waals surface area contributed by atoms with Gasteiger partial charge in [-0.05, 0) is 122 Å². The summed E-state index contributed by atoms with van der Waals surface area (Å²) in [5.74, 6) is -0.00318. The van der Waals surface area contributed by atoms with Crippen LogP contribution in [0.1, 0.15) is 27.9 Å². The molecule has 1 fully saturated rings. The average molecular weight is 791 g/mol. The van der Waals surface area contributed by atoms with Gasteiger partial charge in [-0.25, -0.2) is 13.1 Å². The molecule has 12 heteroatoms. The van der Waals surface area contributed by atoms with Crippen LogP contribution >= 0.6 is 11.6 Å². The van der Waals surface area contributed by atoms with Crippen molar-refractivity contribution >= 4 is 49.8 Å². The number of piperazine rings is 1. The normalized spacial score (nSPS) is 13.6. The number of aryl methyl sites for hydroxylation is 1. The molecule has 290 valence electrons. The standard InChI is InChI=1S/C44H47ClN6O4S/c1-31-27-38(16-18-41(31)46-20-6-22-49(2)3)56(53,54)48-44(52)40-17-14-36(28-43(40)55-37-15-11-33-19-21-47-42(33)29-37)51-25-23-50(24-26-51)30-34-7-4-5-8-39(34)32-9-12-35(45)13-10-32/h4-5,7-19,21,27-29,46-47H,6,20,22-26,30H2,1-3H3,(H,48,52). The maximum atomic E-state index is 13.8. The zero-order chi connectivity index (χ0) is 39.2. The van der Waals surface area contributed by atoms with Crippen molar-refractivity contribution in [2.24, 2.45) is 0 Å². The molecule has 0 spiro atoms. The summed E-state index contributed by atoms with van der Waals surface area (Å²) in [6.45, 7) is 7.54. The number of benzene rings is 5. The molecule has 3 N–H and O–H groups in total. The van der Waals surface area contributed by atoms with Gasteiger partial charge >= 0.3 is 0 Å². The van der Waals surface area contributed by atoms with Crippen molar-refractivity contribution in [1.29, 1.82) is 0 Å². The molecule has 2 heterocycles. The van der Waals surface area contributed by atoms with Gasteiger partial charge in [-0.15, -0.1) is 0 Å². The zero-order valence-corrected chi connectivity index (χ0v) is 33.5. The highest BCUT2D eigenvalue weighted by Crippen LogP contribution is 2.33. The number of anilines is 2. The van der Waals surface area contributed by atoms with Crippen LogP contribution in [0.3, 0.4) is 0 Å². The number of nitrogens with one attached hydrogen (secondary N) is 3. The number of hydrogen-bond donors (Lipinski definition) is 3. The average Bonchev–Trinajstić information content (AvgIpc) is 3.66. The smallest absolute Gasteiger partial charge is 0.268 e. The number of rotatable bonds is 14. The van der Waals surface area contributed by atoms with E-state index in [0.29, 0.717) is 10.8 Å². The second-order valence-corrected chi connectivity index (χ2v) is 16.6. The fourth-order valence-corrected chi connectivity index (χ4v) is 8.20. The third kappa shape index (κ3) is 9.37. The number of nitrogens with zero attached hydrogens (tertiary/aromatic N) is 3. The van der Waals surface area contributed by atoms with Crippen LogP contribution in [0.25, 0.3) is 22.0 Å². The van der Waals surface area contributed by atoms with Gasteiger partial charge in [0.25, 0.3) is 15.9 Å². The van der Waals surface area contributed by atoms with E-state index in [0.717, 1.165) is 85.6 Å². The summed E-state index contributed by atoms with van der Waals surface area (Å²) < 4.78 is 35.8. The third-order valence-electron chi connectivity index (χ3n) is 10.1. The molecule has 10 nitrogen and oxygen atoms in total. The highest BCUT2D eigenvalue weighted by atomic mass is 35.5. The van der Waals surface area contributed by atoms with Crippen molar-refractivity contribution in [2.75, 3.05) is 63.6 Å². The summed E-state index contributed by atoms with van der Waals surface area (Å²) in [5.41, 5.74) is 7.07. The van der Waals surface area contributed by atoms with E-state index in [1.54, 1.807) is 18.2 Å². The van der Waals surface area contributed by atoms with E-state index in [4.69, 9.17) is 16.3 Å². The largest absolute Gasteiger partial charge is 0.456 e. The van der Waals surface area contributed by atoms with E-state index in [9.17, 15) is 13.2 Å². The van der Waals surface area contributed by atoms with E-state index in [1.807, 2.05) is 75.7 Å². The lowest BCUT2D eigenvalue weighted by atomic mass is 9.99. The Hall–Kier alpha value is -5.33. The highest BCUT2D eigenvalue weighted by molar-refractivity contribution is 7.90. The van der Waals surface area contributed by atoms with E-state index in [-0.39, 0.29) is 16.2 Å². The lowest BCUT2D eigenvalue weighted by Crippen LogP contribution is -2.46. The second-order valence-electron chi connectivity index (χ2n) is 14.4. The third-order valence-corrected chi connectivity index (χ3v) is 11.7. The Morgan fingerprint density at radius 3 is 2.45 bits per heavy atom. The molecule has 0 aliphatic carbocycles. The molecule has 1 aromatic heterocycles. The van der Waals surface area contributed by atoms with Crippen LogP contribution in [0.5, 0.6) is 11.5 Å². The number of aromatic nitrogens is 1. The molecule has 0 unspecified atom stereocenters. The maximum Gasteiger partial charge on any atom is 0.268 e. The number of carbonyl (C=O) groups is 1. The Labute approximate surface area is 334 Å². The first-order chi connectivity index (χ1) is 27.0. The van der Waals surface area contributed by atoms with Crippen LogP contribution < -0.4 is 19.7 Å². The summed E-state index contributed by atoms with van der Waals surface area (Å²) in [5, 5.41) is 5.11. The van der Waals surface area contributed by atoms with Gasteiger partial charge in [-0.1, -0.05) is 48.0 Å². The predicted molar refractivity (Wildman–Crippen MR) is 227 cm³/mol. The lowest BCUT2D eigenvalue weighted by molar-refractivity contribution is 0.0979. The summed E-state index contributed by atoms with van der Waals surface area (Å²) in [4.78, 5) is 23.9. The van der Waals surface area contributed by atoms with Crippen molar-refractivity contribution in [3.05, 3.63) is 137 Å². The van der Waals surface area contributed by atoms with Crippen LogP contribution in [0.15, 0.2) is 120 Å². The Bertz CT molecular complexity index is 2420. The Morgan fingerprint density at radius 1 is 0.893 bits per heavy atom. The Balaban J connectivity index is 1.08. The van der Waals surface area contributed by atoms with Crippen LogP contribution in [0, 0.1) is 6.92 Å². The van der Waals surface area contributed by atoms with Gasteiger partial charge in [0.05, 0.1) is 10.5 Å². The molecule has 6 aromatic rings. The van der Waals surface area contributed by atoms with Gasteiger partial charge in [0, 0.05) is 79.5 Å². The first kappa shape index (κ1) is 38.9. The summed E-state index contributed by atoms with van der Waals surface area (Å²) in [7, 11) is -0.142. The number of halogens is 1. The topological polar surface area (TPSA) is 110 Å². The van der Waals surface area contributed by atoms with Gasteiger partial charge in [0.2, 0.25) is 0 Å². The quantitative estimate of drug-likeness (QED) is 0.0945. The number of fused-ring (bicyclic) bond motifs is 1. The van der Waals surface area contributed by atoms with Crippen LogP contribution in [-0.4, -0.2) is 82.5 Å². The molecule has 0 radical (unpaired) electrons. The van der Waals surface area contributed by atoms with Gasteiger partial charge in [0.15, 0.2) is 0 Å². The number of aromatic amines is 1. The van der Waals surface area contributed by atoms with Gasteiger partial charge < -0.3 is 24.8 Å². The number of ether oxygens (including phenoxy) is 1. The van der Waals surface area contributed by atoms with E-state index in [1.165, 1.54) is 17.2 Å². The minimum absolute atomic E-state index is 0.00661. The number of carbonyl (C=O) groups excluding carboxylic acids is 1. The molecule has 1 aliphatic heterocycles. The molecule has 56 heavy (non-hydrogen) atoms. The monoisotopic (exact) mass is 790 g/mol. The molecule has 1 amide bonds. The predicted octanol–water partition coefficient (Wildman–Crippen LogP) is 8.39. The zero-order valence-electron chi connectivity index (χ0n) is 31.9. The SMILES string of the molecule is Cc1cc(S(=O)(=O)NC(=O)c2ccc(N3CCN(Cc4ccccc4-c4ccc(Cl)cc4)CC3)cc2Oc2ccc3cc[nH]c3c2)ccc1NCCCN(C)C. The minimum atomic E-state index is -4.20. The van der Waals surface area contributed by atoms with E-state index >= 15 is 0 Å². The molecule has 0 atom stereocenters. The molecule has 1 aliphatic rings. The summed E-state index contributed by atoms with van der Waals surface area (Å²) in [6.07, 6.45) is 2.80. The number of H-pyrrole nitrogens is 1. The van der Waals surface area contributed by atoms with Crippen molar-refractivity contribution in [3.63, 3.8) is 0 Å². The molecule has 0 saturated carbocycles. The molecular formula is C44H47ClN6O4S. The summed E-state index contributed by atoms with van der Waals surface area (Å²) >= 11 is 6.16. The molecule has 1 saturated heterocycles. The van der Waals surface area contributed by atoms with E-state index < -0.39 is 15.9 Å². The van der Waals surface area contributed by atoms with Crippen LogP contribution in [0.2, 0.25) is 5.02 Å². The second kappa shape index (κ2) is 17.2. The Morgan fingerprint density at radius 2 is 1.68 bits per heavy atom. The van der Waals surface area contributed by atoms with Gasteiger partial charge in [0.1, 0.15) is 11.5 Å². The van der Waals surface area contributed by atoms with Crippen LogP contribution in [-0.2, 0) is 16.6 Å². The molecule has 0 bridgehead atoms. The number of sulfonamides is 1. The fourth-order valence-electron chi connectivity index (χ4n) is 7.03. The molecule has 5 aromatic carbocycles. The van der Waals surface area contributed by atoms with Gasteiger partial charge in [-0.2, -0.15) is 0 Å². The fraction of sp³-hybridized carbons (Fsp3) is 0.250. The lowest BCUT2D eigenvalue weighted by Gasteiger charge is -2.36. The Kier molecular flexibility index (Phi) is 12.0. The van der Waals surface area contributed by atoms with Gasteiger partial charge in [-0.3, -0.25) is 9.69 Å². The first-order valence-electron chi connectivity index (χ1n) is 18.8. The molecule has 7 rings (SSSR count).